The topological polar surface area (TPSA) is 58.4 Å². The van der Waals surface area contributed by atoms with Crippen molar-refractivity contribution in [2.24, 2.45) is 11.8 Å². The number of rotatable bonds is 4. The van der Waals surface area contributed by atoms with Gasteiger partial charge in [-0.25, -0.2) is 0 Å². The lowest BCUT2D eigenvalue weighted by molar-refractivity contribution is -0.136. The normalized spacial score (nSPS) is 22.2. The molecule has 2 amide bonds. The van der Waals surface area contributed by atoms with Gasteiger partial charge in [0.2, 0.25) is 11.8 Å². The first-order valence-electron chi connectivity index (χ1n) is 8.66. The summed E-state index contributed by atoms with van der Waals surface area (Å²) in [4.78, 5) is 28.6. The molecule has 23 heavy (non-hydrogen) atoms. The SMILES string of the molecule is CC(C)Cn1cc(N2CC(C(=O)N3CCCCC3)CC2=O)cn1. The number of aromatic nitrogens is 2. The van der Waals surface area contributed by atoms with E-state index in [9.17, 15) is 9.59 Å². The zero-order valence-electron chi connectivity index (χ0n) is 14.1. The summed E-state index contributed by atoms with van der Waals surface area (Å²) in [5.41, 5.74) is 0.810. The van der Waals surface area contributed by atoms with Gasteiger partial charge < -0.3 is 9.80 Å². The van der Waals surface area contributed by atoms with Crippen LogP contribution in [0.5, 0.6) is 0 Å². The van der Waals surface area contributed by atoms with E-state index in [-0.39, 0.29) is 17.7 Å². The fourth-order valence-corrected chi connectivity index (χ4v) is 3.46. The van der Waals surface area contributed by atoms with E-state index >= 15 is 0 Å². The van der Waals surface area contributed by atoms with Crippen LogP contribution in [0.4, 0.5) is 5.69 Å². The number of hydrogen-bond donors (Lipinski definition) is 0. The maximum absolute atomic E-state index is 12.6. The summed E-state index contributed by atoms with van der Waals surface area (Å²) >= 11 is 0. The van der Waals surface area contributed by atoms with Crippen LogP contribution in [0.25, 0.3) is 0 Å². The Bertz CT molecular complexity index is 575. The quantitative estimate of drug-likeness (QED) is 0.852. The molecule has 0 radical (unpaired) electrons. The standard InChI is InChI=1S/C17H26N4O2/c1-13(2)10-20-12-15(9-18-20)21-11-14(8-16(21)22)17(23)19-6-4-3-5-7-19/h9,12-14H,3-8,10-11H2,1-2H3. The van der Waals surface area contributed by atoms with Crippen molar-refractivity contribution >= 4 is 17.5 Å². The predicted octanol–water partition coefficient (Wildman–Crippen LogP) is 1.90. The van der Waals surface area contributed by atoms with E-state index < -0.39 is 0 Å². The number of carbonyl (C=O) groups is 2. The molecular weight excluding hydrogens is 292 g/mol. The molecule has 1 atom stereocenters. The van der Waals surface area contributed by atoms with Crippen molar-refractivity contribution in [1.29, 1.82) is 0 Å². The minimum absolute atomic E-state index is 0.0319. The van der Waals surface area contributed by atoms with Crippen molar-refractivity contribution in [2.75, 3.05) is 24.5 Å². The van der Waals surface area contributed by atoms with E-state index in [0.29, 0.717) is 18.9 Å². The third kappa shape index (κ3) is 3.57. The van der Waals surface area contributed by atoms with E-state index in [4.69, 9.17) is 0 Å². The van der Waals surface area contributed by atoms with Crippen LogP contribution in [0, 0.1) is 11.8 Å². The molecule has 2 fully saturated rings. The second-order valence-corrected chi connectivity index (χ2v) is 7.11. The molecule has 1 aromatic rings. The van der Waals surface area contributed by atoms with Crippen molar-refractivity contribution in [3.63, 3.8) is 0 Å². The number of carbonyl (C=O) groups excluding carboxylic acids is 2. The summed E-state index contributed by atoms with van der Waals surface area (Å²) in [6.45, 7) is 7.27. The van der Waals surface area contributed by atoms with E-state index in [2.05, 4.69) is 18.9 Å². The van der Waals surface area contributed by atoms with Crippen LogP contribution in [-0.4, -0.2) is 46.1 Å². The number of nitrogens with zero attached hydrogens (tertiary/aromatic N) is 4. The smallest absolute Gasteiger partial charge is 0.228 e. The lowest BCUT2D eigenvalue weighted by Crippen LogP contribution is -2.40. The molecule has 3 heterocycles. The molecule has 1 aromatic heterocycles. The molecule has 0 saturated carbocycles. The summed E-state index contributed by atoms with van der Waals surface area (Å²) in [7, 11) is 0. The van der Waals surface area contributed by atoms with E-state index in [1.54, 1.807) is 11.1 Å². The molecule has 6 nitrogen and oxygen atoms in total. The third-order valence-corrected chi connectivity index (χ3v) is 4.63. The van der Waals surface area contributed by atoms with Crippen molar-refractivity contribution in [3.8, 4) is 0 Å². The van der Waals surface area contributed by atoms with Gasteiger partial charge in [0.1, 0.15) is 0 Å². The maximum atomic E-state index is 12.6. The zero-order valence-corrected chi connectivity index (χ0v) is 14.1. The number of amides is 2. The lowest BCUT2D eigenvalue weighted by Gasteiger charge is -2.28. The number of likely N-dealkylation sites (tertiary alicyclic amines) is 1. The average Bonchev–Trinajstić information content (AvgIpc) is 3.13. The Kier molecular flexibility index (Phi) is 4.68. The van der Waals surface area contributed by atoms with Crippen molar-refractivity contribution in [1.82, 2.24) is 14.7 Å². The Balaban J connectivity index is 1.65. The van der Waals surface area contributed by atoms with Crippen molar-refractivity contribution in [2.45, 2.75) is 46.1 Å². The van der Waals surface area contributed by atoms with Gasteiger partial charge in [0.05, 0.1) is 17.8 Å². The summed E-state index contributed by atoms with van der Waals surface area (Å²) in [5.74, 6) is 0.485. The highest BCUT2D eigenvalue weighted by atomic mass is 16.2. The molecular formula is C17H26N4O2. The number of hydrogen-bond acceptors (Lipinski definition) is 3. The van der Waals surface area contributed by atoms with Gasteiger partial charge in [0.25, 0.3) is 0 Å². The highest BCUT2D eigenvalue weighted by molar-refractivity contribution is 6.00. The molecule has 2 aliphatic rings. The van der Waals surface area contributed by atoms with Crippen molar-refractivity contribution < 1.29 is 9.59 Å². The molecule has 0 aromatic carbocycles. The van der Waals surface area contributed by atoms with Crippen LogP contribution in [0.3, 0.4) is 0 Å². The second kappa shape index (κ2) is 6.72. The Morgan fingerprint density at radius 2 is 2.04 bits per heavy atom. The Labute approximate surface area is 137 Å². The molecule has 6 heteroatoms. The molecule has 2 saturated heterocycles. The zero-order chi connectivity index (χ0) is 16.4. The van der Waals surface area contributed by atoms with Crippen LogP contribution in [0.2, 0.25) is 0 Å². The first-order chi connectivity index (χ1) is 11.0. The minimum atomic E-state index is -0.200. The summed E-state index contributed by atoms with van der Waals surface area (Å²) in [5, 5.41) is 4.32. The Hall–Kier alpha value is -1.85. The van der Waals surface area contributed by atoms with Gasteiger partial charge >= 0.3 is 0 Å². The predicted molar refractivity (Wildman–Crippen MR) is 88.0 cm³/mol. The molecule has 3 rings (SSSR count). The molecule has 1 unspecified atom stereocenters. The van der Waals surface area contributed by atoms with Crippen LogP contribution in [0.1, 0.15) is 39.5 Å². The van der Waals surface area contributed by atoms with E-state index in [1.807, 2.05) is 15.8 Å². The van der Waals surface area contributed by atoms with Gasteiger partial charge in [-0.1, -0.05) is 13.8 Å². The fraction of sp³-hybridized carbons (Fsp3) is 0.706. The van der Waals surface area contributed by atoms with Crippen molar-refractivity contribution in [3.05, 3.63) is 12.4 Å². The monoisotopic (exact) mass is 318 g/mol. The highest BCUT2D eigenvalue weighted by Crippen LogP contribution is 2.27. The van der Waals surface area contributed by atoms with Gasteiger partial charge in [-0.15, -0.1) is 0 Å². The van der Waals surface area contributed by atoms with Gasteiger partial charge in [0.15, 0.2) is 0 Å². The van der Waals surface area contributed by atoms with Gasteiger partial charge in [-0.2, -0.15) is 5.10 Å². The minimum Gasteiger partial charge on any atom is -0.342 e. The second-order valence-electron chi connectivity index (χ2n) is 7.11. The summed E-state index contributed by atoms with van der Waals surface area (Å²) < 4.78 is 1.87. The number of piperidine rings is 1. The van der Waals surface area contributed by atoms with Crippen LogP contribution in [0.15, 0.2) is 12.4 Å². The molecule has 126 valence electrons. The molecule has 0 spiro atoms. The maximum Gasteiger partial charge on any atom is 0.228 e. The van der Waals surface area contributed by atoms with Gasteiger partial charge in [0, 0.05) is 38.8 Å². The fourth-order valence-electron chi connectivity index (χ4n) is 3.46. The highest BCUT2D eigenvalue weighted by Gasteiger charge is 2.37. The molecule has 0 bridgehead atoms. The Morgan fingerprint density at radius 1 is 1.30 bits per heavy atom. The first-order valence-corrected chi connectivity index (χ1v) is 8.66. The lowest BCUT2D eigenvalue weighted by atomic mass is 10.0. The summed E-state index contributed by atoms with van der Waals surface area (Å²) in [6, 6.07) is 0. The molecule has 0 aliphatic carbocycles. The largest absolute Gasteiger partial charge is 0.342 e. The first kappa shape index (κ1) is 16.0. The van der Waals surface area contributed by atoms with Gasteiger partial charge in [-0.05, 0) is 25.2 Å². The van der Waals surface area contributed by atoms with Crippen LogP contribution >= 0.6 is 0 Å². The molecule has 2 aliphatic heterocycles. The third-order valence-electron chi connectivity index (χ3n) is 4.63. The molecule has 0 N–H and O–H groups in total. The van der Waals surface area contributed by atoms with E-state index in [0.717, 1.165) is 38.2 Å². The summed E-state index contributed by atoms with van der Waals surface area (Å²) in [6.07, 6.45) is 7.33. The number of anilines is 1. The van der Waals surface area contributed by atoms with Crippen LogP contribution < -0.4 is 4.90 Å². The average molecular weight is 318 g/mol. The van der Waals surface area contributed by atoms with E-state index in [1.165, 1.54) is 6.42 Å². The Morgan fingerprint density at radius 3 is 2.74 bits per heavy atom. The van der Waals surface area contributed by atoms with Gasteiger partial charge in [-0.3, -0.25) is 14.3 Å². The van der Waals surface area contributed by atoms with Crippen LogP contribution in [-0.2, 0) is 16.1 Å².